The lowest BCUT2D eigenvalue weighted by Crippen LogP contribution is -2.25. The van der Waals surface area contributed by atoms with E-state index in [0.29, 0.717) is 0 Å². The van der Waals surface area contributed by atoms with Gasteiger partial charge in [-0.15, -0.1) is 0 Å². The van der Waals surface area contributed by atoms with E-state index >= 15 is 0 Å². The number of primary amides is 1. The number of rotatable bonds is 3. The molecular formula is C12H29N3O6. The molecule has 2 atom stereocenters. The predicted molar refractivity (Wildman–Crippen MR) is 79.7 cm³/mol. The molecule has 0 heterocycles. The minimum absolute atomic E-state index is 0.273. The van der Waals surface area contributed by atoms with Crippen LogP contribution in [-0.4, -0.2) is 71.4 Å². The first-order chi connectivity index (χ1) is 9.29. The van der Waals surface area contributed by atoms with Crippen LogP contribution in [0.3, 0.4) is 0 Å². The number of aliphatic hydroxyl groups excluding tert-OH is 1. The molecule has 128 valence electrons. The maximum absolute atomic E-state index is 9.68. The highest BCUT2D eigenvalue weighted by Crippen LogP contribution is 1.86. The van der Waals surface area contributed by atoms with Crippen LogP contribution in [0.4, 0.5) is 0 Å². The van der Waals surface area contributed by atoms with Crippen LogP contribution in [0.2, 0.25) is 0 Å². The number of aliphatic carboxylic acids is 2. The van der Waals surface area contributed by atoms with Gasteiger partial charge in [-0.1, -0.05) is 6.92 Å². The van der Waals surface area contributed by atoms with Gasteiger partial charge in [0.2, 0.25) is 5.91 Å². The first kappa shape index (κ1) is 27.6. The first-order valence-electron chi connectivity index (χ1n) is 6.05. The van der Waals surface area contributed by atoms with Crippen molar-refractivity contribution in [1.82, 2.24) is 4.90 Å². The number of carbonyl (C=O) groups is 3. The maximum atomic E-state index is 9.68. The third kappa shape index (κ3) is 70.6. The van der Waals surface area contributed by atoms with Gasteiger partial charge in [0.05, 0.1) is 0 Å². The lowest BCUT2D eigenvalue weighted by Gasteiger charge is -1.95. The molecule has 2 unspecified atom stereocenters. The average Bonchev–Trinajstić information content (AvgIpc) is 2.26. The van der Waals surface area contributed by atoms with Crippen LogP contribution >= 0.6 is 0 Å². The van der Waals surface area contributed by atoms with Crippen molar-refractivity contribution in [2.24, 2.45) is 11.5 Å². The van der Waals surface area contributed by atoms with Crippen LogP contribution in [0.1, 0.15) is 27.2 Å². The van der Waals surface area contributed by atoms with Gasteiger partial charge in [0.1, 0.15) is 6.04 Å². The third-order valence-corrected chi connectivity index (χ3v) is 1.06. The molecule has 0 saturated heterocycles. The van der Waals surface area contributed by atoms with E-state index < -0.39 is 24.1 Å². The Bertz CT molecular complexity index is 275. The van der Waals surface area contributed by atoms with Crippen LogP contribution < -0.4 is 11.5 Å². The monoisotopic (exact) mass is 311 g/mol. The van der Waals surface area contributed by atoms with Gasteiger partial charge in [0, 0.05) is 6.92 Å². The van der Waals surface area contributed by atoms with Crippen molar-refractivity contribution >= 4 is 17.8 Å². The summed E-state index contributed by atoms with van der Waals surface area (Å²) in [5, 5.41) is 24.1. The fourth-order valence-corrected chi connectivity index (χ4v) is 0.175. The molecule has 1 amide bonds. The molecule has 0 radical (unpaired) electrons. The van der Waals surface area contributed by atoms with Crippen LogP contribution in [-0.2, 0) is 14.4 Å². The normalized spacial score (nSPS) is 11.3. The molecule has 7 N–H and O–H groups in total. The SMILES string of the molecule is CC(N)=O.CC(N)C(=O)O.CCC(O)C(=O)O.CN(C)C. The Morgan fingerprint density at radius 3 is 1.29 bits per heavy atom. The number of hydrogen-bond donors (Lipinski definition) is 5. The smallest absolute Gasteiger partial charge is 0.332 e. The molecule has 0 spiro atoms. The number of nitrogens with two attached hydrogens (primary N) is 2. The van der Waals surface area contributed by atoms with E-state index in [4.69, 9.17) is 21.1 Å². The third-order valence-electron chi connectivity index (χ3n) is 1.06. The number of carbonyl (C=O) groups excluding carboxylic acids is 1. The number of carboxylic acids is 2. The van der Waals surface area contributed by atoms with Crippen molar-refractivity contribution in [2.75, 3.05) is 21.1 Å². The van der Waals surface area contributed by atoms with Gasteiger partial charge in [0.25, 0.3) is 0 Å². The van der Waals surface area contributed by atoms with Gasteiger partial charge >= 0.3 is 11.9 Å². The molecule has 0 aliphatic heterocycles. The van der Waals surface area contributed by atoms with E-state index in [9.17, 15) is 14.4 Å². The van der Waals surface area contributed by atoms with Crippen LogP contribution in [0.5, 0.6) is 0 Å². The standard InChI is InChI=1S/C4H8O3.C3H7NO2.C3H9N.C2H5NO/c1-2-3(5)4(6)7;1-2(4)3(5)6;1-4(2)3;1-2(3)4/h3,5H,2H2,1H3,(H,6,7);2H,4H2,1H3,(H,5,6);1-3H3;1H3,(H2,3,4). The van der Waals surface area contributed by atoms with Gasteiger partial charge in [0.15, 0.2) is 6.10 Å². The molecule has 0 bridgehead atoms. The summed E-state index contributed by atoms with van der Waals surface area (Å²) < 4.78 is 0. The number of amides is 1. The van der Waals surface area contributed by atoms with Crippen LogP contribution in [0, 0.1) is 0 Å². The first-order valence-corrected chi connectivity index (χ1v) is 6.05. The fourth-order valence-electron chi connectivity index (χ4n) is 0.175. The zero-order chi connectivity index (χ0) is 18.2. The fraction of sp³-hybridized carbons (Fsp3) is 0.750. The van der Waals surface area contributed by atoms with E-state index in [-0.39, 0.29) is 12.3 Å². The summed E-state index contributed by atoms with van der Waals surface area (Å²) in [7, 11) is 6.00. The molecule has 0 aliphatic carbocycles. The Morgan fingerprint density at radius 1 is 1.10 bits per heavy atom. The molecular weight excluding hydrogens is 282 g/mol. The Labute approximate surface area is 125 Å². The topological polar surface area (TPSA) is 167 Å². The minimum atomic E-state index is -1.18. The Balaban J connectivity index is -0.0000000948. The largest absolute Gasteiger partial charge is 0.480 e. The summed E-state index contributed by atoms with van der Waals surface area (Å²) in [6, 6.07) is -0.731. The summed E-state index contributed by atoms with van der Waals surface area (Å²) >= 11 is 0. The zero-order valence-corrected chi connectivity index (χ0v) is 13.5. The van der Waals surface area contributed by atoms with E-state index in [1.165, 1.54) is 13.8 Å². The highest BCUT2D eigenvalue weighted by molar-refractivity contribution is 5.72. The van der Waals surface area contributed by atoms with E-state index in [1.54, 1.807) is 6.92 Å². The predicted octanol–water partition coefficient (Wildman–Crippen LogP) is -1.07. The maximum Gasteiger partial charge on any atom is 0.332 e. The van der Waals surface area contributed by atoms with E-state index in [2.05, 4.69) is 5.73 Å². The van der Waals surface area contributed by atoms with Crippen molar-refractivity contribution in [3.8, 4) is 0 Å². The molecule has 9 heteroatoms. The van der Waals surface area contributed by atoms with Crippen molar-refractivity contribution in [3.05, 3.63) is 0 Å². The number of hydrogen-bond acceptors (Lipinski definition) is 6. The van der Waals surface area contributed by atoms with Gasteiger partial charge in [-0.3, -0.25) is 9.59 Å². The number of aliphatic hydroxyl groups is 1. The molecule has 0 aromatic rings. The molecule has 0 aliphatic rings. The highest BCUT2D eigenvalue weighted by Gasteiger charge is 2.07. The molecule has 0 fully saturated rings. The van der Waals surface area contributed by atoms with Gasteiger partial charge in [-0.2, -0.15) is 0 Å². The summed E-state index contributed by atoms with van der Waals surface area (Å²) in [6.07, 6.45) is -0.907. The molecule has 0 aromatic carbocycles. The molecule has 21 heavy (non-hydrogen) atoms. The summed E-state index contributed by atoms with van der Waals surface area (Å²) in [5.74, 6) is -2.45. The highest BCUT2D eigenvalue weighted by atomic mass is 16.4. The Hall–Kier alpha value is -1.71. The summed E-state index contributed by atoms with van der Waals surface area (Å²) in [5.41, 5.74) is 9.31. The van der Waals surface area contributed by atoms with Gasteiger partial charge in [-0.05, 0) is 34.5 Å². The molecule has 0 saturated carbocycles. The summed E-state index contributed by atoms with van der Waals surface area (Å²) in [6.45, 7) is 4.33. The van der Waals surface area contributed by atoms with Gasteiger partial charge < -0.3 is 31.7 Å². The Morgan fingerprint density at radius 2 is 1.29 bits per heavy atom. The van der Waals surface area contributed by atoms with Crippen molar-refractivity contribution in [3.63, 3.8) is 0 Å². The molecule has 0 aromatic heterocycles. The van der Waals surface area contributed by atoms with E-state index in [0.717, 1.165) is 0 Å². The number of nitrogens with zero attached hydrogens (tertiary/aromatic N) is 1. The lowest BCUT2D eigenvalue weighted by molar-refractivity contribution is -0.146. The number of carboxylic acid groups (broad SMARTS) is 2. The quantitative estimate of drug-likeness (QED) is 0.439. The zero-order valence-electron chi connectivity index (χ0n) is 13.5. The van der Waals surface area contributed by atoms with Crippen molar-refractivity contribution < 1.29 is 29.7 Å². The summed E-state index contributed by atoms with van der Waals surface area (Å²) in [4.78, 5) is 30.5. The second-order valence-electron chi connectivity index (χ2n) is 4.34. The second kappa shape index (κ2) is 18.3. The van der Waals surface area contributed by atoms with Gasteiger partial charge in [-0.25, -0.2) is 4.79 Å². The van der Waals surface area contributed by atoms with Crippen molar-refractivity contribution in [2.45, 2.75) is 39.3 Å². The van der Waals surface area contributed by atoms with Crippen molar-refractivity contribution in [1.29, 1.82) is 0 Å². The lowest BCUT2D eigenvalue weighted by atomic mass is 10.3. The minimum Gasteiger partial charge on any atom is -0.480 e. The Kier molecular flexibility index (Phi) is 24.0. The van der Waals surface area contributed by atoms with Crippen LogP contribution in [0.15, 0.2) is 0 Å². The molecule has 0 rings (SSSR count). The van der Waals surface area contributed by atoms with E-state index in [1.807, 2.05) is 26.0 Å². The average molecular weight is 311 g/mol. The van der Waals surface area contributed by atoms with Crippen LogP contribution in [0.25, 0.3) is 0 Å². The second-order valence-corrected chi connectivity index (χ2v) is 4.34. The molecule has 9 nitrogen and oxygen atoms in total.